The van der Waals surface area contributed by atoms with Gasteiger partial charge in [0.05, 0.1) is 19.6 Å². The maximum absolute atomic E-state index is 14.1. The zero-order valence-electron chi connectivity index (χ0n) is 26.8. The van der Waals surface area contributed by atoms with Gasteiger partial charge in [0.15, 0.2) is 0 Å². The summed E-state index contributed by atoms with van der Waals surface area (Å²) in [6, 6.07) is 28.0. The first kappa shape index (κ1) is 32.6. The fraction of sp³-hybridized carbons (Fsp3) is 0.474. The number of ether oxygens (including phenoxy) is 1. The summed E-state index contributed by atoms with van der Waals surface area (Å²) in [5.74, 6) is 1.44. The Morgan fingerprint density at radius 1 is 0.867 bits per heavy atom. The summed E-state index contributed by atoms with van der Waals surface area (Å²) in [6.45, 7) is 3.10. The van der Waals surface area contributed by atoms with Crippen LogP contribution in [0.5, 0.6) is 5.75 Å². The van der Waals surface area contributed by atoms with E-state index in [9.17, 15) is 9.59 Å². The largest absolute Gasteiger partial charge is 0.497 e. The number of amides is 3. The van der Waals surface area contributed by atoms with Crippen molar-refractivity contribution in [2.75, 3.05) is 38.6 Å². The molecule has 1 heterocycles. The van der Waals surface area contributed by atoms with Crippen molar-refractivity contribution in [1.82, 2.24) is 15.1 Å². The van der Waals surface area contributed by atoms with Gasteiger partial charge in [0, 0.05) is 31.4 Å². The van der Waals surface area contributed by atoms with Gasteiger partial charge in [0.1, 0.15) is 5.75 Å². The summed E-state index contributed by atoms with van der Waals surface area (Å²) in [5.41, 5.74) is 3.08. The van der Waals surface area contributed by atoms with Crippen molar-refractivity contribution < 1.29 is 14.3 Å². The lowest BCUT2D eigenvalue weighted by Gasteiger charge is -2.38. The zero-order valence-corrected chi connectivity index (χ0v) is 26.8. The summed E-state index contributed by atoms with van der Waals surface area (Å²) in [5, 5.41) is 6.42. The van der Waals surface area contributed by atoms with Crippen LogP contribution < -0.4 is 15.4 Å². The van der Waals surface area contributed by atoms with Crippen molar-refractivity contribution in [3.63, 3.8) is 0 Å². The molecule has 1 aliphatic heterocycles. The average molecular weight is 611 g/mol. The molecule has 2 fully saturated rings. The van der Waals surface area contributed by atoms with E-state index in [1.165, 1.54) is 37.7 Å². The number of carbonyl (C=O) groups is 2. The molecule has 3 aromatic carbocycles. The maximum atomic E-state index is 14.1. The summed E-state index contributed by atoms with van der Waals surface area (Å²) in [6.07, 6.45) is 10.6. The Hall–Kier alpha value is -3.84. The van der Waals surface area contributed by atoms with Crippen LogP contribution in [-0.2, 0) is 17.6 Å². The monoisotopic (exact) mass is 610 g/mol. The first-order chi connectivity index (χ1) is 22.1. The second-order valence-electron chi connectivity index (χ2n) is 12.7. The van der Waals surface area contributed by atoms with E-state index in [-0.39, 0.29) is 24.0 Å². The first-order valence-electron chi connectivity index (χ1n) is 16.9. The number of likely N-dealkylation sites (tertiary alicyclic amines) is 1. The molecule has 0 radical (unpaired) electrons. The van der Waals surface area contributed by atoms with Crippen LogP contribution in [0.4, 0.5) is 10.5 Å². The number of anilines is 1. The molecule has 1 aliphatic carbocycles. The van der Waals surface area contributed by atoms with Gasteiger partial charge in [-0.1, -0.05) is 92.8 Å². The molecule has 3 aromatic rings. The molecule has 3 amide bonds. The lowest BCUT2D eigenvalue weighted by molar-refractivity contribution is -0.120. The maximum Gasteiger partial charge on any atom is 0.322 e. The van der Waals surface area contributed by atoms with Crippen LogP contribution >= 0.6 is 0 Å². The van der Waals surface area contributed by atoms with E-state index in [4.69, 9.17) is 4.74 Å². The van der Waals surface area contributed by atoms with Gasteiger partial charge in [-0.3, -0.25) is 9.69 Å². The van der Waals surface area contributed by atoms with Crippen LogP contribution in [-0.4, -0.2) is 67.1 Å². The van der Waals surface area contributed by atoms with E-state index in [0.717, 1.165) is 55.8 Å². The SMILES string of the molecule is COc1ccc(CCN2CCC[C@@H]2CN(C(=O)Nc2ccccc2)[C@@H](CNC(=O)Cc2ccccc2)CC2CCCCC2)cc1. The quantitative estimate of drug-likeness (QED) is 0.208. The standard InChI is InChI=1S/C38H50N4O3/c1-45-36-21-19-30(20-22-36)23-25-41-24-11-18-34(41)29-42(38(44)40-33-16-9-4-10-17-33)35(26-31-12-5-2-6-13-31)28-39-37(43)27-32-14-7-3-8-15-32/h3-4,7-10,14-17,19-22,31,34-35H,2,5-6,11-13,18,23-29H2,1H3,(H,39,43)(H,40,44)/t34-,35-/m1/s1. The number of methoxy groups -OCH3 is 1. The van der Waals surface area contributed by atoms with Crippen molar-refractivity contribution in [3.8, 4) is 5.75 Å². The second-order valence-corrected chi connectivity index (χ2v) is 12.7. The third-order valence-corrected chi connectivity index (χ3v) is 9.55. The molecule has 0 bridgehead atoms. The summed E-state index contributed by atoms with van der Waals surface area (Å²) in [4.78, 5) is 31.9. The number of rotatable bonds is 14. The first-order valence-corrected chi connectivity index (χ1v) is 16.9. The van der Waals surface area contributed by atoms with Gasteiger partial charge in [0.25, 0.3) is 0 Å². The molecule has 7 heteroatoms. The Morgan fingerprint density at radius 3 is 2.29 bits per heavy atom. The van der Waals surface area contributed by atoms with E-state index in [1.54, 1.807) is 7.11 Å². The molecule has 0 spiro atoms. The second kappa shape index (κ2) is 17.0. The molecule has 5 rings (SSSR count). The molecule has 2 atom stereocenters. The number of urea groups is 1. The topological polar surface area (TPSA) is 73.9 Å². The van der Waals surface area contributed by atoms with Crippen LogP contribution in [0, 0.1) is 5.92 Å². The number of benzene rings is 3. The average Bonchev–Trinajstić information content (AvgIpc) is 3.53. The summed E-state index contributed by atoms with van der Waals surface area (Å²) < 4.78 is 5.33. The molecule has 2 aliphatic rings. The molecule has 240 valence electrons. The predicted octanol–water partition coefficient (Wildman–Crippen LogP) is 6.93. The van der Waals surface area contributed by atoms with Crippen LogP contribution in [0.2, 0.25) is 0 Å². The van der Waals surface area contributed by atoms with E-state index >= 15 is 0 Å². The third kappa shape index (κ3) is 10.1. The molecule has 0 unspecified atom stereocenters. The minimum Gasteiger partial charge on any atom is -0.497 e. The minimum absolute atomic E-state index is 0.000228. The van der Waals surface area contributed by atoms with E-state index in [2.05, 4.69) is 32.6 Å². The Morgan fingerprint density at radius 2 is 1.58 bits per heavy atom. The fourth-order valence-electron chi connectivity index (χ4n) is 7.01. The van der Waals surface area contributed by atoms with Crippen LogP contribution in [0.3, 0.4) is 0 Å². The van der Waals surface area contributed by atoms with E-state index < -0.39 is 0 Å². The predicted molar refractivity (Wildman–Crippen MR) is 182 cm³/mol. The highest BCUT2D eigenvalue weighted by Crippen LogP contribution is 2.30. The Labute approximate surface area is 269 Å². The van der Waals surface area contributed by atoms with Gasteiger partial charge in [0.2, 0.25) is 5.91 Å². The fourth-order valence-corrected chi connectivity index (χ4v) is 7.01. The molecule has 7 nitrogen and oxygen atoms in total. The van der Waals surface area contributed by atoms with Gasteiger partial charge >= 0.3 is 6.03 Å². The number of hydrogen-bond acceptors (Lipinski definition) is 4. The number of nitrogens with one attached hydrogen (secondary N) is 2. The molecule has 2 N–H and O–H groups in total. The number of carbonyl (C=O) groups excluding carboxylic acids is 2. The molecule has 0 aromatic heterocycles. The van der Waals surface area contributed by atoms with Gasteiger partial charge in [-0.25, -0.2) is 4.79 Å². The van der Waals surface area contributed by atoms with Crippen molar-refractivity contribution in [2.24, 2.45) is 5.92 Å². The normalized spacial score (nSPS) is 17.8. The van der Waals surface area contributed by atoms with Crippen LogP contribution in [0.15, 0.2) is 84.9 Å². The van der Waals surface area contributed by atoms with Gasteiger partial charge in [-0.2, -0.15) is 0 Å². The highest BCUT2D eigenvalue weighted by atomic mass is 16.5. The molecule has 45 heavy (non-hydrogen) atoms. The van der Waals surface area contributed by atoms with Crippen LogP contribution in [0.25, 0.3) is 0 Å². The van der Waals surface area contributed by atoms with Crippen molar-refractivity contribution in [2.45, 2.75) is 76.3 Å². The molecular formula is C38H50N4O3. The lowest BCUT2D eigenvalue weighted by Crippen LogP contribution is -2.53. The van der Waals surface area contributed by atoms with Gasteiger partial charge < -0.3 is 20.3 Å². The van der Waals surface area contributed by atoms with Crippen molar-refractivity contribution >= 4 is 17.6 Å². The molecule has 1 saturated carbocycles. The Bertz CT molecular complexity index is 1310. The smallest absolute Gasteiger partial charge is 0.322 e. The van der Waals surface area contributed by atoms with Gasteiger partial charge in [-0.15, -0.1) is 0 Å². The molecular weight excluding hydrogens is 560 g/mol. The number of nitrogens with zero attached hydrogens (tertiary/aromatic N) is 2. The highest BCUT2D eigenvalue weighted by Gasteiger charge is 2.33. The lowest BCUT2D eigenvalue weighted by atomic mass is 9.84. The zero-order chi connectivity index (χ0) is 31.3. The minimum atomic E-state index is -0.0828. The Kier molecular flexibility index (Phi) is 12.3. The summed E-state index contributed by atoms with van der Waals surface area (Å²) >= 11 is 0. The number of hydrogen-bond donors (Lipinski definition) is 2. The third-order valence-electron chi connectivity index (χ3n) is 9.55. The van der Waals surface area contributed by atoms with E-state index in [0.29, 0.717) is 25.4 Å². The van der Waals surface area contributed by atoms with Crippen LogP contribution in [0.1, 0.15) is 62.5 Å². The van der Waals surface area contributed by atoms with E-state index in [1.807, 2.05) is 72.8 Å². The summed E-state index contributed by atoms with van der Waals surface area (Å²) in [7, 11) is 1.69. The molecule has 1 saturated heterocycles. The number of para-hydroxylation sites is 1. The van der Waals surface area contributed by atoms with Crippen molar-refractivity contribution in [1.29, 1.82) is 0 Å². The highest BCUT2D eigenvalue weighted by molar-refractivity contribution is 5.89. The van der Waals surface area contributed by atoms with Gasteiger partial charge in [-0.05, 0) is 73.5 Å². The van der Waals surface area contributed by atoms with Crippen molar-refractivity contribution in [3.05, 3.63) is 96.1 Å². The Balaban J connectivity index is 1.32.